The standard InChI is InChI=1S/C18H25N5/c19-18(22-17-7-2-1-3-8-17)21-12-15-5-4-6-16(11-15)13-23-10-9-20-14-23/h4-6,9-11,14,17H,1-3,7-8,12-13H2,(H3,19,21,22). The minimum atomic E-state index is 0.500. The fourth-order valence-corrected chi connectivity index (χ4v) is 3.10. The Bertz CT molecular complexity index is 627. The smallest absolute Gasteiger partial charge is 0.189 e. The molecule has 3 rings (SSSR count). The van der Waals surface area contributed by atoms with Crippen LogP contribution in [0.15, 0.2) is 48.0 Å². The van der Waals surface area contributed by atoms with E-state index in [2.05, 4.69) is 44.1 Å². The highest BCUT2D eigenvalue weighted by Crippen LogP contribution is 2.17. The van der Waals surface area contributed by atoms with Crippen LogP contribution in [0.1, 0.15) is 43.2 Å². The highest BCUT2D eigenvalue weighted by atomic mass is 15.1. The van der Waals surface area contributed by atoms with E-state index in [0.717, 1.165) is 6.54 Å². The lowest BCUT2D eigenvalue weighted by atomic mass is 9.96. The van der Waals surface area contributed by atoms with Crippen molar-refractivity contribution >= 4 is 5.96 Å². The summed E-state index contributed by atoms with van der Waals surface area (Å²) in [4.78, 5) is 8.56. The molecule has 3 N–H and O–H groups in total. The zero-order chi connectivity index (χ0) is 15.9. The monoisotopic (exact) mass is 311 g/mol. The normalized spacial score (nSPS) is 16.4. The van der Waals surface area contributed by atoms with Crippen LogP contribution in [0.2, 0.25) is 0 Å². The third kappa shape index (κ3) is 4.84. The average molecular weight is 311 g/mol. The lowest BCUT2D eigenvalue weighted by molar-refractivity contribution is 0.412. The molecule has 23 heavy (non-hydrogen) atoms. The SMILES string of the molecule is NC(=NCc1cccc(Cn2ccnc2)c1)NC1CCCCC1. The van der Waals surface area contributed by atoms with Crippen LogP contribution in [0.25, 0.3) is 0 Å². The van der Waals surface area contributed by atoms with E-state index in [-0.39, 0.29) is 0 Å². The molecule has 2 aromatic rings. The number of guanidine groups is 1. The van der Waals surface area contributed by atoms with Crippen molar-refractivity contribution in [1.29, 1.82) is 0 Å². The first kappa shape index (κ1) is 15.6. The summed E-state index contributed by atoms with van der Waals surface area (Å²) < 4.78 is 2.06. The molecular weight excluding hydrogens is 286 g/mol. The van der Waals surface area contributed by atoms with E-state index >= 15 is 0 Å². The van der Waals surface area contributed by atoms with Gasteiger partial charge in [-0.15, -0.1) is 0 Å². The van der Waals surface area contributed by atoms with Gasteiger partial charge in [-0.25, -0.2) is 9.98 Å². The Hall–Kier alpha value is -2.30. The second-order valence-electron chi connectivity index (χ2n) is 6.24. The second kappa shape index (κ2) is 7.81. The highest BCUT2D eigenvalue weighted by Gasteiger charge is 2.13. The lowest BCUT2D eigenvalue weighted by Gasteiger charge is -2.23. The molecule has 0 atom stereocenters. The molecule has 0 aliphatic heterocycles. The van der Waals surface area contributed by atoms with Gasteiger partial charge in [0, 0.05) is 25.0 Å². The van der Waals surface area contributed by atoms with Gasteiger partial charge < -0.3 is 15.6 Å². The van der Waals surface area contributed by atoms with Gasteiger partial charge in [-0.1, -0.05) is 43.5 Å². The Kier molecular flexibility index (Phi) is 5.29. The Balaban J connectivity index is 1.55. The molecular formula is C18H25N5. The third-order valence-corrected chi connectivity index (χ3v) is 4.30. The van der Waals surface area contributed by atoms with Crippen LogP contribution < -0.4 is 11.1 Å². The van der Waals surface area contributed by atoms with Crippen LogP contribution >= 0.6 is 0 Å². The minimum Gasteiger partial charge on any atom is -0.370 e. The molecule has 1 aromatic heterocycles. The van der Waals surface area contributed by atoms with Gasteiger partial charge in [-0.2, -0.15) is 0 Å². The van der Waals surface area contributed by atoms with Gasteiger partial charge >= 0.3 is 0 Å². The summed E-state index contributed by atoms with van der Waals surface area (Å²) in [6.07, 6.45) is 11.9. The summed E-state index contributed by atoms with van der Waals surface area (Å²) >= 11 is 0. The van der Waals surface area contributed by atoms with Gasteiger partial charge in [0.25, 0.3) is 0 Å². The third-order valence-electron chi connectivity index (χ3n) is 4.30. The summed E-state index contributed by atoms with van der Waals surface area (Å²) in [6, 6.07) is 8.96. The largest absolute Gasteiger partial charge is 0.370 e. The van der Waals surface area contributed by atoms with Crippen LogP contribution in [0.3, 0.4) is 0 Å². The summed E-state index contributed by atoms with van der Waals surface area (Å²) in [5.74, 6) is 0.567. The van der Waals surface area contributed by atoms with Gasteiger partial charge in [0.15, 0.2) is 5.96 Å². The van der Waals surface area contributed by atoms with Crippen LogP contribution in [-0.4, -0.2) is 21.6 Å². The Morgan fingerprint density at radius 2 is 2.09 bits per heavy atom. The van der Waals surface area contributed by atoms with Crippen LogP contribution in [0.4, 0.5) is 0 Å². The van der Waals surface area contributed by atoms with Crippen molar-refractivity contribution in [3.05, 3.63) is 54.1 Å². The molecule has 0 unspecified atom stereocenters. The van der Waals surface area contributed by atoms with Crippen LogP contribution in [-0.2, 0) is 13.1 Å². The van der Waals surface area contributed by atoms with Gasteiger partial charge in [-0.3, -0.25) is 0 Å². The Labute approximate surface area is 137 Å². The van der Waals surface area contributed by atoms with Gasteiger partial charge in [0.1, 0.15) is 0 Å². The van der Waals surface area contributed by atoms with Crippen LogP contribution in [0, 0.1) is 0 Å². The first-order valence-electron chi connectivity index (χ1n) is 8.39. The van der Waals surface area contributed by atoms with E-state index in [1.165, 1.54) is 43.2 Å². The number of imidazole rings is 1. The second-order valence-corrected chi connectivity index (χ2v) is 6.24. The fourth-order valence-electron chi connectivity index (χ4n) is 3.10. The van der Waals surface area contributed by atoms with Gasteiger partial charge in [0.2, 0.25) is 0 Å². The first-order chi connectivity index (χ1) is 11.3. The topological polar surface area (TPSA) is 68.2 Å². The number of nitrogens with one attached hydrogen (secondary N) is 1. The van der Waals surface area contributed by atoms with E-state index in [0.29, 0.717) is 18.5 Å². The summed E-state index contributed by atoms with van der Waals surface area (Å²) in [5, 5.41) is 3.36. The summed E-state index contributed by atoms with van der Waals surface area (Å²) in [5.41, 5.74) is 8.45. The Morgan fingerprint density at radius 1 is 1.26 bits per heavy atom. The zero-order valence-electron chi connectivity index (χ0n) is 13.5. The maximum absolute atomic E-state index is 6.03. The first-order valence-corrected chi connectivity index (χ1v) is 8.39. The predicted molar refractivity (Wildman–Crippen MR) is 93.1 cm³/mol. The number of hydrogen-bond donors (Lipinski definition) is 2. The van der Waals surface area contributed by atoms with Crippen molar-refractivity contribution in [2.45, 2.75) is 51.2 Å². The highest BCUT2D eigenvalue weighted by molar-refractivity contribution is 5.78. The molecule has 1 saturated carbocycles. The maximum atomic E-state index is 6.03. The van der Waals surface area contributed by atoms with Crippen LogP contribution in [0.5, 0.6) is 0 Å². The molecule has 0 bridgehead atoms. The quantitative estimate of drug-likeness (QED) is 0.659. The van der Waals surface area contributed by atoms with E-state index in [4.69, 9.17) is 5.73 Å². The molecule has 1 aromatic carbocycles. The molecule has 1 aliphatic carbocycles. The van der Waals surface area contributed by atoms with Gasteiger partial charge in [-0.05, 0) is 24.0 Å². The summed E-state index contributed by atoms with van der Waals surface area (Å²) in [6.45, 7) is 1.44. The molecule has 122 valence electrons. The lowest BCUT2D eigenvalue weighted by Crippen LogP contribution is -2.41. The molecule has 1 fully saturated rings. The zero-order valence-corrected chi connectivity index (χ0v) is 13.5. The number of nitrogens with two attached hydrogens (primary N) is 1. The predicted octanol–water partition coefficient (Wildman–Crippen LogP) is 2.67. The molecule has 1 heterocycles. The van der Waals surface area contributed by atoms with E-state index < -0.39 is 0 Å². The van der Waals surface area contributed by atoms with E-state index in [1.54, 1.807) is 6.20 Å². The number of hydrogen-bond acceptors (Lipinski definition) is 2. The van der Waals surface area contributed by atoms with Crippen molar-refractivity contribution in [3.63, 3.8) is 0 Å². The molecule has 0 amide bonds. The number of aromatic nitrogens is 2. The number of nitrogens with zero attached hydrogens (tertiary/aromatic N) is 3. The molecule has 0 spiro atoms. The van der Waals surface area contributed by atoms with E-state index in [1.807, 2.05) is 12.5 Å². The molecule has 5 nitrogen and oxygen atoms in total. The maximum Gasteiger partial charge on any atom is 0.189 e. The average Bonchev–Trinajstić information content (AvgIpc) is 3.07. The molecule has 0 radical (unpaired) electrons. The van der Waals surface area contributed by atoms with Crippen molar-refractivity contribution < 1.29 is 0 Å². The van der Waals surface area contributed by atoms with Crippen molar-refractivity contribution in [1.82, 2.24) is 14.9 Å². The number of benzene rings is 1. The van der Waals surface area contributed by atoms with E-state index in [9.17, 15) is 0 Å². The molecule has 0 saturated heterocycles. The van der Waals surface area contributed by atoms with Crippen molar-refractivity contribution in [3.8, 4) is 0 Å². The minimum absolute atomic E-state index is 0.500. The number of aliphatic imine (C=N–C) groups is 1. The molecule has 1 aliphatic rings. The Morgan fingerprint density at radius 3 is 2.87 bits per heavy atom. The fraction of sp³-hybridized carbons (Fsp3) is 0.444. The van der Waals surface area contributed by atoms with Crippen molar-refractivity contribution in [2.75, 3.05) is 0 Å². The number of rotatable bonds is 5. The van der Waals surface area contributed by atoms with Gasteiger partial charge in [0.05, 0.1) is 12.9 Å². The molecule has 5 heteroatoms. The van der Waals surface area contributed by atoms with Crippen molar-refractivity contribution in [2.24, 2.45) is 10.7 Å². The summed E-state index contributed by atoms with van der Waals surface area (Å²) in [7, 11) is 0.